The molecule has 1 aliphatic heterocycles. The first-order chi connectivity index (χ1) is 13.4. The molecule has 0 bridgehead atoms. The van der Waals surface area contributed by atoms with E-state index in [1.165, 1.54) is 0 Å². The smallest absolute Gasteiger partial charge is 0.0701 e. The normalized spacial score (nSPS) is 21.4. The summed E-state index contributed by atoms with van der Waals surface area (Å²) >= 11 is 0. The van der Waals surface area contributed by atoms with Crippen molar-refractivity contribution >= 4 is 0 Å². The van der Waals surface area contributed by atoms with Crippen molar-refractivity contribution in [1.82, 2.24) is 9.80 Å². The number of rotatable bonds is 7. The molecular formula is C19H38N2O6. The van der Waals surface area contributed by atoms with Crippen LogP contribution < -0.4 is 0 Å². The number of β-amino-alcohol motifs (C(OH)–C–C–N with tert-alkyl or cyclic N) is 1. The predicted molar refractivity (Wildman–Crippen MR) is 104 cm³/mol. The molecule has 27 heavy (non-hydrogen) atoms. The summed E-state index contributed by atoms with van der Waals surface area (Å²) in [4.78, 5) is 4.41. The van der Waals surface area contributed by atoms with E-state index in [2.05, 4.69) is 16.4 Å². The molecule has 0 saturated carbocycles. The monoisotopic (exact) mass is 390 g/mol. The Hall–Kier alpha value is -0.580. The molecule has 0 aromatic heterocycles. The van der Waals surface area contributed by atoms with Crippen LogP contribution in [0.25, 0.3) is 0 Å². The third-order valence-corrected chi connectivity index (χ3v) is 4.16. The Balaban J connectivity index is 2.30. The molecule has 0 unspecified atom stereocenters. The van der Waals surface area contributed by atoms with Gasteiger partial charge in [0.2, 0.25) is 0 Å². The van der Waals surface area contributed by atoms with Gasteiger partial charge in [-0.2, -0.15) is 0 Å². The molecule has 1 heterocycles. The van der Waals surface area contributed by atoms with E-state index in [0.29, 0.717) is 72.6 Å². The lowest BCUT2D eigenvalue weighted by molar-refractivity contribution is 0.00350. The van der Waals surface area contributed by atoms with Crippen LogP contribution in [0.5, 0.6) is 0 Å². The minimum absolute atomic E-state index is 0.140. The van der Waals surface area contributed by atoms with Crippen molar-refractivity contribution in [2.45, 2.75) is 0 Å². The van der Waals surface area contributed by atoms with Crippen molar-refractivity contribution in [1.29, 1.82) is 0 Å². The van der Waals surface area contributed by atoms with Gasteiger partial charge >= 0.3 is 0 Å². The largest absolute Gasteiger partial charge is 0.395 e. The molecule has 0 radical (unpaired) electrons. The van der Waals surface area contributed by atoms with E-state index in [0.717, 1.165) is 32.7 Å². The maximum Gasteiger partial charge on any atom is 0.0701 e. The molecule has 160 valence electrons. The molecule has 1 N–H and O–H groups in total. The second-order valence-corrected chi connectivity index (χ2v) is 6.22. The Morgan fingerprint density at radius 1 is 0.741 bits per heavy atom. The first-order valence-electron chi connectivity index (χ1n) is 9.92. The number of aliphatic hydroxyl groups is 1. The van der Waals surface area contributed by atoms with Crippen molar-refractivity contribution in [2.75, 3.05) is 112 Å². The van der Waals surface area contributed by atoms with Gasteiger partial charge in [0, 0.05) is 39.3 Å². The first kappa shape index (κ1) is 24.5. The molecular weight excluding hydrogens is 352 g/mol. The van der Waals surface area contributed by atoms with Gasteiger partial charge in [-0.1, -0.05) is 6.08 Å². The second kappa shape index (κ2) is 18.8. The molecule has 0 spiro atoms. The predicted octanol–water partition coefficient (Wildman–Crippen LogP) is -0.135. The number of hydrogen-bond donors (Lipinski definition) is 1. The van der Waals surface area contributed by atoms with E-state index in [1.807, 2.05) is 0 Å². The maximum atomic E-state index is 9.14. The quantitative estimate of drug-likeness (QED) is 0.476. The van der Waals surface area contributed by atoms with Gasteiger partial charge in [-0.15, -0.1) is 6.58 Å². The van der Waals surface area contributed by atoms with Crippen LogP contribution in [-0.2, 0) is 23.7 Å². The van der Waals surface area contributed by atoms with Crippen LogP contribution in [0.4, 0.5) is 0 Å². The summed E-state index contributed by atoms with van der Waals surface area (Å²) in [6.07, 6.45) is 1.76. The fourth-order valence-corrected chi connectivity index (χ4v) is 2.59. The average molecular weight is 391 g/mol. The lowest BCUT2D eigenvalue weighted by Crippen LogP contribution is -2.35. The lowest BCUT2D eigenvalue weighted by Gasteiger charge is -2.23. The Morgan fingerprint density at radius 2 is 1.19 bits per heavy atom. The van der Waals surface area contributed by atoms with Gasteiger partial charge in [-0.3, -0.25) is 9.80 Å². The van der Waals surface area contributed by atoms with E-state index < -0.39 is 0 Å². The van der Waals surface area contributed by atoms with Crippen molar-refractivity contribution in [3.63, 3.8) is 0 Å². The summed E-state index contributed by atoms with van der Waals surface area (Å²) in [7, 11) is 0. The molecule has 8 nitrogen and oxygen atoms in total. The summed E-state index contributed by atoms with van der Waals surface area (Å²) in [6, 6.07) is 0. The van der Waals surface area contributed by atoms with Gasteiger partial charge in [0.1, 0.15) is 0 Å². The molecule has 1 saturated heterocycles. The highest BCUT2D eigenvalue weighted by molar-refractivity contribution is 4.64. The molecule has 0 aliphatic carbocycles. The zero-order chi connectivity index (χ0) is 19.4. The summed E-state index contributed by atoms with van der Waals surface area (Å²) in [6.45, 7) is 14.6. The molecule has 1 rings (SSSR count). The zero-order valence-electron chi connectivity index (χ0n) is 16.7. The number of hydrogen-bond acceptors (Lipinski definition) is 8. The summed E-state index contributed by atoms with van der Waals surface area (Å²) in [5.74, 6) is 0. The van der Waals surface area contributed by atoms with Crippen molar-refractivity contribution < 1.29 is 28.8 Å². The standard InChI is InChI=1S/C19H38N2O6/c1-2-10-23-11-6-21-7-14-26-18-16-24-12-4-20(3-9-22)5-13-25-17-19-27-15-8-21/h2,22H,1,3-19H2. The fourth-order valence-electron chi connectivity index (χ4n) is 2.59. The van der Waals surface area contributed by atoms with Crippen LogP contribution in [0.3, 0.4) is 0 Å². The van der Waals surface area contributed by atoms with Crippen LogP contribution in [-0.4, -0.2) is 127 Å². The van der Waals surface area contributed by atoms with Gasteiger partial charge < -0.3 is 28.8 Å². The van der Waals surface area contributed by atoms with Crippen LogP contribution >= 0.6 is 0 Å². The van der Waals surface area contributed by atoms with Gasteiger partial charge in [0.05, 0.1) is 72.7 Å². The topological polar surface area (TPSA) is 72.9 Å². The van der Waals surface area contributed by atoms with Crippen LogP contribution in [0, 0.1) is 0 Å². The molecule has 0 atom stereocenters. The summed E-state index contributed by atoms with van der Waals surface area (Å²) < 4.78 is 28.1. The van der Waals surface area contributed by atoms with Gasteiger partial charge in [-0.05, 0) is 0 Å². The minimum atomic E-state index is 0.140. The maximum absolute atomic E-state index is 9.14. The van der Waals surface area contributed by atoms with E-state index in [9.17, 15) is 0 Å². The van der Waals surface area contributed by atoms with Crippen LogP contribution in [0.15, 0.2) is 12.7 Å². The van der Waals surface area contributed by atoms with Crippen molar-refractivity contribution in [2.24, 2.45) is 0 Å². The molecule has 8 heteroatoms. The van der Waals surface area contributed by atoms with E-state index in [1.54, 1.807) is 6.08 Å². The Labute approximate surface area is 163 Å². The molecule has 0 aromatic rings. The van der Waals surface area contributed by atoms with Crippen molar-refractivity contribution in [3.8, 4) is 0 Å². The Kier molecular flexibility index (Phi) is 17.0. The lowest BCUT2D eigenvalue weighted by atomic mass is 10.4. The zero-order valence-corrected chi connectivity index (χ0v) is 16.7. The number of nitrogens with zero attached hydrogens (tertiary/aromatic N) is 2. The third kappa shape index (κ3) is 15.1. The highest BCUT2D eigenvalue weighted by Gasteiger charge is 2.07. The van der Waals surface area contributed by atoms with Crippen LogP contribution in [0.1, 0.15) is 0 Å². The highest BCUT2D eigenvalue weighted by Crippen LogP contribution is 1.94. The van der Waals surface area contributed by atoms with E-state index >= 15 is 0 Å². The van der Waals surface area contributed by atoms with Crippen LogP contribution in [0.2, 0.25) is 0 Å². The Morgan fingerprint density at radius 3 is 1.59 bits per heavy atom. The number of ether oxygens (including phenoxy) is 5. The first-order valence-corrected chi connectivity index (χ1v) is 9.92. The highest BCUT2D eigenvalue weighted by atomic mass is 16.5. The average Bonchev–Trinajstić information content (AvgIpc) is 2.67. The SMILES string of the molecule is C=CCOCCN1CCOCCOCCN(CCO)CCOCCOCC1. The Bertz CT molecular complexity index is 315. The molecule has 0 amide bonds. The van der Waals surface area contributed by atoms with Gasteiger partial charge in [0.15, 0.2) is 0 Å². The minimum Gasteiger partial charge on any atom is -0.395 e. The van der Waals surface area contributed by atoms with Gasteiger partial charge in [-0.25, -0.2) is 0 Å². The van der Waals surface area contributed by atoms with Crippen molar-refractivity contribution in [3.05, 3.63) is 12.7 Å². The van der Waals surface area contributed by atoms with E-state index in [4.69, 9.17) is 28.8 Å². The summed E-state index contributed by atoms with van der Waals surface area (Å²) in [5, 5.41) is 9.14. The summed E-state index contributed by atoms with van der Waals surface area (Å²) in [5.41, 5.74) is 0. The van der Waals surface area contributed by atoms with Gasteiger partial charge in [0.25, 0.3) is 0 Å². The fraction of sp³-hybridized carbons (Fsp3) is 0.895. The molecule has 0 aromatic carbocycles. The van der Waals surface area contributed by atoms with E-state index in [-0.39, 0.29) is 6.61 Å². The molecule has 1 aliphatic rings. The molecule has 1 fully saturated rings. The number of aliphatic hydroxyl groups excluding tert-OH is 1. The second-order valence-electron chi connectivity index (χ2n) is 6.22. The third-order valence-electron chi connectivity index (χ3n) is 4.16.